The molecule has 0 aromatic rings. The molecule has 0 radical (unpaired) electrons. The molecule has 0 aromatic heterocycles. The fraction of sp³-hybridized carbons (Fsp3) is 1.00. The van der Waals surface area contributed by atoms with Crippen molar-refractivity contribution in [3.05, 3.63) is 0 Å². The summed E-state index contributed by atoms with van der Waals surface area (Å²) in [5, 5.41) is 3.65. The second-order valence-electron chi connectivity index (χ2n) is 5.52. The van der Waals surface area contributed by atoms with Gasteiger partial charge in [-0.15, -0.1) is 0 Å². The number of hydrogen-bond donors (Lipinski definition) is 1. The molecule has 2 aliphatic rings. The van der Waals surface area contributed by atoms with Crippen LogP contribution in [0.5, 0.6) is 0 Å². The Bertz CT molecular complexity index is 262. The molecule has 0 aromatic carbocycles. The SMILES string of the molecule is CCCC1CN(C2CCS(=O)CC2)C(C)CN1. The van der Waals surface area contributed by atoms with Crippen LogP contribution in [0.2, 0.25) is 0 Å². The largest absolute Gasteiger partial charge is 0.311 e. The van der Waals surface area contributed by atoms with E-state index in [1.165, 1.54) is 19.4 Å². The Morgan fingerprint density at radius 3 is 2.71 bits per heavy atom. The third-order valence-corrected chi connectivity index (χ3v) is 5.55. The van der Waals surface area contributed by atoms with Crippen molar-refractivity contribution < 1.29 is 4.21 Å². The number of piperazine rings is 1. The van der Waals surface area contributed by atoms with Crippen molar-refractivity contribution in [1.82, 2.24) is 10.2 Å². The van der Waals surface area contributed by atoms with Crippen molar-refractivity contribution >= 4 is 10.8 Å². The van der Waals surface area contributed by atoms with Gasteiger partial charge in [0.25, 0.3) is 0 Å². The fourth-order valence-electron chi connectivity index (χ4n) is 3.12. The molecule has 2 rings (SSSR count). The van der Waals surface area contributed by atoms with E-state index in [-0.39, 0.29) is 0 Å². The van der Waals surface area contributed by atoms with Crippen LogP contribution >= 0.6 is 0 Å². The molecule has 1 N–H and O–H groups in total. The Morgan fingerprint density at radius 1 is 1.35 bits per heavy atom. The van der Waals surface area contributed by atoms with Crippen molar-refractivity contribution in [2.24, 2.45) is 0 Å². The summed E-state index contributed by atoms with van der Waals surface area (Å²) in [4.78, 5) is 2.67. The Labute approximate surface area is 108 Å². The molecule has 0 saturated carbocycles. The van der Waals surface area contributed by atoms with Crippen LogP contribution in [0.3, 0.4) is 0 Å². The lowest BCUT2D eigenvalue weighted by atomic mass is 10.0. The minimum absolute atomic E-state index is 0.531. The first kappa shape index (κ1) is 13.5. The van der Waals surface area contributed by atoms with Crippen LogP contribution in [0.25, 0.3) is 0 Å². The molecule has 2 heterocycles. The third-order valence-electron chi connectivity index (χ3n) is 4.16. The average molecular weight is 258 g/mol. The lowest BCUT2D eigenvalue weighted by molar-refractivity contribution is 0.0828. The smallest absolute Gasteiger partial charge is 0.0249 e. The van der Waals surface area contributed by atoms with E-state index in [4.69, 9.17) is 0 Å². The van der Waals surface area contributed by atoms with E-state index in [1.54, 1.807) is 0 Å². The van der Waals surface area contributed by atoms with Gasteiger partial charge in [-0.2, -0.15) is 0 Å². The van der Waals surface area contributed by atoms with Gasteiger partial charge in [-0.3, -0.25) is 9.11 Å². The Balaban J connectivity index is 1.90. The molecule has 3 nitrogen and oxygen atoms in total. The van der Waals surface area contributed by atoms with E-state index in [9.17, 15) is 4.21 Å². The number of nitrogens with zero attached hydrogens (tertiary/aromatic N) is 1. The van der Waals surface area contributed by atoms with E-state index in [0.29, 0.717) is 18.1 Å². The second kappa shape index (κ2) is 6.30. The van der Waals surface area contributed by atoms with Crippen molar-refractivity contribution in [3.63, 3.8) is 0 Å². The molecule has 100 valence electrons. The molecule has 2 unspecified atom stereocenters. The average Bonchev–Trinajstić information content (AvgIpc) is 2.33. The predicted octanol–water partition coefficient (Wildman–Crippen LogP) is 1.36. The molecule has 17 heavy (non-hydrogen) atoms. The van der Waals surface area contributed by atoms with Crippen molar-refractivity contribution in [2.45, 2.75) is 57.7 Å². The standard InChI is InChI=1S/C13H26N2OS/c1-3-4-12-10-15(11(2)9-14-12)13-5-7-17(16)8-6-13/h11-14H,3-10H2,1-2H3. The van der Waals surface area contributed by atoms with Gasteiger partial charge in [0.1, 0.15) is 0 Å². The van der Waals surface area contributed by atoms with Gasteiger partial charge in [-0.05, 0) is 26.2 Å². The van der Waals surface area contributed by atoms with Crippen LogP contribution < -0.4 is 5.32 Å². The Hall–Kier alpha value is 0.0700. The molecule has 4 heteroatoms. The Kier molecular flexibility index (Phi) is 5.00. The Morgan fingerprint density at radius 2 is 2.06 bits per heavy atom. The van der Waals surface area contributed by atoms with E-state index < -0.39 is 10.8 Å². The zero-order valence-corrected chi connectivity index (χ0v) is 12.0. The van der Waals surface area contributed by atoms with Gasteiger partial charge in [0.05, 0.1) is 0 Å². The molecule has 2 saturated heterocycles. The summed E-state index contributed by atoms with van der Waals surface area (Å²) in [6.45, 7) is 6.88. The van der Waals surface area contributed by atoms with Crippen LogP contribution in [0.1, 0.15) is 39.5 Å². The predicted molar refractivity (Wildman–Crippen MR) is 73.8 cm³/mol. The highest BCUT2D eigenvalue weighted by Gasteiger charge is 2.31. The maximum Gasteiger partial charge on any atom is 0.0249 e. The van der Waals surface area contributed by atoms with Crippen molar-refractivity contribution in [1.29, 1.82) is 0 Å². The lowest BCUT2D eigenvalue weighted by Crippen LogP contribution is -2.59. The maximum atomic E-state index is 11.4. The van der Waals surface area contributed by atoms with Crippen LogP contribution in [0.4, 0.5) is 0 Å². The summed E-state index contributed by atoms with van der Waals surface area (Å²) in [6.07, 6.45) is 4.81. The third kappa shape index (κ3) is 3.52. The number of nitrogens with one attached hydrogen (secondary N) is 1. The summed E-state index contributed by atoms with van der Waals surface area (Å²) in [6, 6.07) is 1.99. The van der Waals surface area contributed by atoms with E-state index in [0.717, 1.165) is 30.9 Å². The molecule has 2 fully saturated rings. The summed E-state index contributed by atoms with van der Waals surface area (Å²) < 4.78 is 11.4. The molecule has 0 amide bonds. The lowest BCUT2D eigenvalue weighted by Gasteiger charge is -2.44. The topological polar surface area (TPSA) is 32.3 Å². The molecule has 2 aliphatic heterocycles. The first-order valence-corrected chi connectivity index (χ1v) is 8.53. The molecule has 2 atom stereocenters. The van der Waals surface area contributed by atoms with Crippen LogP contribution in [-0.2, 0) is 10.8 Å². The van der Waals surface area contributed by atoms with Gasteiger partial charge in [0, 0.05) is 53.5 Å². The normalized spacial score (nSPS) is 40.4. The number of hydrogen-bond acceptors (Lipinski definition) is 3. The van der Waals surface area contributed by atoms with Gasteiger partial charge < -0.3 is 5.32 Å². The zero-order chi connectivity index (χ0) is 12.3. The van der Waals surface area contributed by atoms with Crippen molar-refractivity contribution in [3.8, 4) is 0 Å². The van der Waals surface area contributed by atoms with Crippen molar-refractivity contribution in [2.75, 3.05) is 24.6 Å². The molecule has 0 bridgehead atoms. The quantitative estimate of drug-likeness (QED) is 0.829. The minimum Gasteiger partial charge on any atom is -0.311 e. The maximum absolute atomic E-state index is 11.4. The van der Waals surface area contributed by atoms with Crippen LogP contribution in [0, 0.1) is 0 Å². The fourth-order valence-corrected chi connectivity index (χ4v) is 4.39. The molecule has 0 spiro atoms. The van der Waals surface area contributed by atoms with E-state index in [2.05, 4.69) is 24.1 Å². The first-order chi connectivity index (χ1) is 8.20. The summed E-state index contributed by atoms with van der Waals surface area (Å²) in [5.74, 6) is 1.83. The van der Waals surface area contributed by atoms with Gasteiger partial charge in [-0.25, -0.2) is 0 Å². The van der Waals surface area contributed by atoms with E-state index in [1.807, 2.05) is 0 Å². The highest BCUT2D eigenvalue weighted by atomic mass is 32.2. The molecule has 0 aliphatic carbocycles. The van der Waals surface area contributed by atoms with Crippen LogP contribution in [-0.4, -0.2) is 51.8 Å². The second-order valence-corrected chi connectivity index (χ2v) is 7.22. The highest BCUT2D eigenvalue weighted by molar-refractivity contribution is 7.85. The van der Waals surface area contributed by atoms with Gasteiger partial charge >= 0.3 is 0 Å². The van der Waals surface area contributed by atoms with Gasteiger partial charge in [0.15, 0.2) is 0 Å². The van der Waals surface area contributed by atoms with Gasteiger partial charge in [-0.1, -0.05) is 13.3 Å². The molecular formula is C13H26N2OS. The number of rotatable bonds is 3. The summed E-state index contributed by atoms with van der Waals surface area (Å²) in [7, 11) is -0.531. The molecular weight excluding hydrogens is 232 g/mol. The summed E-state index contributed by atoms with van der Waals surface area (Å²) in [5.41, 5.74) is 0. The first-order valence-electron chi connectivity index (χ1n) is 7.04. The van der Waals surface area contributed by atoms with Crippen LogP contribution in [0.15, 0.2) is 0 Å². The van der Waals surface area contributed by atoms with Gasteiger partial charge in [0.2, 0.25) is 0 Å². The minimum atomic E-state index is -0.531. The highest BCUT2D eigenvalue weighted by Crippen LogP contribution is 2.21. The monoisotopic (exact) mass is 258 g/mol. The summed E-state index contributed by atoms with van der Waals surface area (Å²) >= 11 is 0. The zero-order valence-electron chi connectivity index (χ0n) is 11.2. The van der Waals surface area contributed by atoms with E-state index >= 15 is 0 Å².